The Morgan fingerprint density at radius 2 is 1.95 bits per heavy atom. The predicted octanol–water partition coefficient (Wildman–Crippen LogP) is 1.48. The molecule has 1 aromatic rings. The van der Waals surface area contributed by atoms with E-state index >= 15 is 0 Å². The molecule has 1 N–H and O–H groups in total. The lowest BCUT2D eigenvalue weighted by atomic mass is 10.1. The van der Waals surface area contributed by atoms with Crippen molar-refractivity contribution < 1.29 is 0 Å². The Hall–Kier alpha value is -1.36. The zero-order valence-electron chi connectivity index (χ0n) is 12.7. The summed E-state index contributed by atoms with van der Waals surface area (Å²) in [6.07, 6.45) is 1.77. The van der Waals surface area contributed by atoms with Crippen LogP contribution in [-0.2, 0) is 6.54 Å². The van der Waals surface area contributed by atoms with Crippen molar-refractivity contribution >= 4 is 5.69 Å². The Morgan fingerprint density at radius 1 is 1.32 bits per heavy atom. The zero-order chi connectivity index (χ0) is 14.5. The summed E-state index contributed by atoms with van der Waals surface area (Å²) in [6, 6.07) is 1.66. The summed E-state index contributed by atoms with van der Waals surface area (Å²) < 4.78 is 1.51. The molecular formula is C14H26N4O. The number of rotatable bonds is 6. The van der Waals surface area contributed by atoms with Crippen LogP contribution < -0.4 is 15.8 Å². The summed E-state index contributed by atoms with van der Waals surface area (Å²) in [5.41, 5.74) is 0.917. The largest absolute Gasteiger partial charge is 0.371 e. The fourth-order valence-electron chi connectivity index (χ4n) is 1.89. The summed E-state index contributed by atoms with van der Waals surface area (Å²) in [6.45, 7) is 13.5. The van der Waals surface area contributed by atoms with Crippen LogP contribution in [0.25, 0.3) is 0 Å². The van der Waals surface area contributed by atoms with Crippen LogP contribution in [0.2, 0.25) is 0 Å². The fraction of sp³-hybridized carbons (Fsp3) is 0.714. The van der Waals surface area contributed by atoms with Crippen LogP contribution in [0.1, 0.15) is 34.6 Å². The Balaban J connectivity index is 2.70. The smallest absolute Gasteiger partial charge is 0.268 e. The lowest BCUT2D eigenvalue weighted by Crippen LogP contribution is -2.39. The Bertz CT molecular complexity index is 443. The Kier molecular flexibility index (Phi) is 5.54. The summed E-state index contributed by atoms with van der Waals surface area (Å²) in [7, 11) is 0. The van der Waals surface area contributed by atoms with Crippen molar-refractivity contribution in [2.45, 2.75) is 46.7 Å². The molecule has 0 saturated heterocycles. The minimum atomic E-state index is -0.0416. The lowest BCUT2D eigenvalue weighted by Gasteiger charge is -2.22. The zero-order valence-corrected chi connectivity index (χ0v) is 12.7. The van der Waals surface area contributed by atoms with Crippen molar-refractivity contribution in [2.24, 2.45) is 0 Å². The van der Waals surface area contributed by atoms with E-state index < -0.39 is 0 Å². The summed E-state index contributed by atoms with van der Waals surface area (Å²) >= 11 is 0. The van der Waals surface area contributed by atoms with Crippen LogP contribution in [0.3, 0.4) is 0 Å². The Labute approximate surface area is 115 Å². The maximum absolute atomic E-state index is 12.0. The van der Waals surface area contributed by atoms with Gasteiger partial charge in [0, 0.05) is 31.2 Å². The van der Waals surface area contributed by atoms with Crippen molar-refractivity contribution in [3.63, 3.8) is 0 Å². The van der Waals surface area contributed by atoms with E-state index in [0.717, 1.165) is 25.3 Å². The second-order valence-electron chi connectivity index (χ2n) is 5.62. The molecule has 0 amide bonds. The van der Waals surface area contributed by atoms with Gasteiger partial charge in [-0.15, -0.1) is 0 Å². The molecule has 1 rings (SSSR count). The highest BCUT2D eigenvalue weighted by Crippen LogP contribution is 2.08. The molecule has 0 saturated carbocycles. The average molecular weight is 266 g/mol. The van der Waals surface area contributed by atoms with Crippen LogP contribution in [-0.4, -0.2) is 35.0 Å². The first-order valence-corrected chi connectivity index (χ1v) is 6.94. The molecule has 0 aromatic carbocycles. The highest BCUT2D eigenvalue weighted by molar-refractivity contribution is 5.42. The van der Waals surface area contributed by atoms with Gasteiger partial charge in [-0.1, -0.05) is 0 Å². The van der Waals surface area contributed by atoms with E-state index in [9.17, 15) is 4.79 Å². The van der Waals surface area contributed by atoms with E-state index in [0.29, 0.717) is 6.54 Å². The third kappa shape index (κ3) is 5.03. The molecular weight excluding hydrogens is 240 g/mol. The standard InChI is InChI=1S/C14H26N4O/c1-6-17(7-2)12-10-13(19)18(16-11-12)9-8-15-14(3,4)5/h10-11,15H,6-9H2,1-5H3. The topological polar surface area (TPSA) is 50.2 Å². The summed E-state index contributed by atoms with van der Waals surface area (Å²) in [4.78, 5) is 14.1. The number of nitrogens with one attached hydrogen (secondary N) is 1. The van der Waals surface area contributed by atoms with Crippen molar-refractivity contribution in [3.05, 3.63) is 22.6 Å². The van der Waals surface area contributed by atoms with Crippen molar-refractivity contribution in [2.75, 3.05) is 24.5 Å². The molecule has 1 heterocycles. The van der Waals surface area contributed by atoms with E-state index in [1.54, 1.807) is 12.3 Å². The fourth-order valence-corrected chi connectivity index (χ4v) is 1.89. The first-order valence-electron chi connectivity index (χ1n) is 6.94. The van der Waals surface area contributed by atoms with Crippen LogP contribution in [0.15, 0.2) is 17.1 Å². The Morgan fingerprint density at radius 3 is 2.42 bits per heavy atom. The van der Waals surface area contributed by atoms with Crippen LogP contribution >= 0.6 is 0 Å². The number of hydrogen-bond acceptors (Lipinski definition) is 4. The van der Waals surface area contributed by atoms with Gasteiger partial charge in [0.2, 0.25) is 0 Å². The van der Waals surface area contributed by atoms with Gasteiger partial charge in [0.05, 0.1) is 18.4 Å². The first kappa shape index (κ1) is 15.7. The molecule has 108 valence electrons. The van der Waals surface area contributed by atoms with Crippen molar-refractivity contribution in [1.29, 1.82) is 0 Å². The monoisotopic (exact) mass is 266 g/mol. The summed E-state index contributed by atoms with van der Waals surface area (Å²) in [5.74, 6) is 0. The highest BCUT2D eigenvalue weighted by atomic mass is 16.1. The van der Waals surface area contributed by atoms with Gasteiger partial charge in [0.15, 0.2) is 0 Å². The SMILES string of the molecule is CCN(CC)c1cnn(CCNC(C)(C)C)c(=O)c1. The number of aromatic nitrogens is 2. The minimum absolute atomic E-state index is 0.0416. The van der Waals surface area contributed by atoms with Gasteiger partial charge in [-0.3, -0.25) is 4.79 Å². The third-order valence-corrected chi connectivity index (χ3v) is 2.96. The molecule has 0 aliphatic heterocycles. The van der Waals surface area contributed by atoms with Crippen LogP contribution in [0, 0.1) is 0 Å². The number of nitrogens with zero attached hydrogens (tertiary/aromatic N) is 3. The van der Waals surface area contributed by atoms with Gasteiger partial charge in [0.1, 0.15) is 0 Å². The van der Waals surface area contributed by atoms with E-state index in [-0.39, 0.29) is 11.1 Å². The van der Waals surface area contributed by atoms with E-state index in [1.807, 2.05) is 0 Å². The van der Waals surface area contributed by atoms with Gasteiger partial charge < -0.3 is 10.2 Å². The van der Waals surface area contributed by atoms with Gasteiger partial charge in [-0.25, -0.2) is 4.68 Å². The van der Waals surface area contributed by atoms with E-state index in [2.05, 4.69) is 49.9 Å². The molecule has 0 aliphatic carbocycles. The minimum Gasteiger partial charge on any atom is -0.371 e. The number of anilines is 1. The van der Waals surface area contributed by atoms with Crippen molar-refractivity contribution in [3.8, 4) is 0 Å². The molecule has 0 fully saturated rings. The van der Waals surface area contributed by atoms with Crippen LogP contribution in [0.5, 0.6) is 0 Å². The quantitative estimate of drug-likeness (QED) is 0.847. The van der Waals surface area contributed by atoms with Gasteiger partial charge in [-0.2, -0.15) is 5.10 Å². The molecule has 0 bridgehead atoms. The molecule has 0 radical (unpaired) electrons. The first-order chi connectivity index (χ1) is 8.87. The highest BCUT2D eigenvalue weighted by Gasteiger charge is 2.09. The second-order valence-corrected chi connectivity index (χ2v) is 5.62. The molecule has 19 heavy (non-hydrogen) atoms. The molecule has 5 heteroatoms. The van der Waals surface area contributed by atoms with Crippen molar-refractivity contribution in [1.82, 2.24) is 15.1 Å². The summed E-state index contributed by atoms with van der Waals surface area (Å²) in [5, 5.41) is 7.58. The third-order valence-electron chi connectivity index (χ3n) is 2.96. The second kappa shape index (κ2) is 6.70. The molecule has 0 unspecified atom stereocenters. The maximum atomic E-state index is 12.0. The normalized spacial score (nSPS) is 11.6. The maximum Gasteiger partial charge on any atom is 0.268 e. The van der Waals surface area contributed by atoms with Gasteiger partial charge in [0.25, 0.3) is 5.56 Å². The van der Waals surface area contributed by atoms with E-state index in [4.69, 9.17) is 0 Å². The number of hydrogen-bond donors (Lipinski definition) is 1. The van der Waals surface area contributed by atoms with Gasteiger partial charge in [-0.05, 0) is 34.6 Å². The lowest BCUT2D eigenvalue weighted by molar-refractivity contribution is 0.401. The van der Waals surface area contributed by atoms with Gasteiger partial charge >= 0.3 is 0 Å². The van der Waals surface area contributed by atoms with E-state index in [1.165, 1.54) is 4.68 Å². The average Bonchev–Trinajstić information content (AvgIpc) is 2.32. The molecule has 0 spiro atoms. The molecule has 5 nitrogen and oxygen atoms in total. The molecule has 1 aromatic heterocycles. The predicted molar refractivity (Wildman–Crippen MR) is 79.8 cm³/mol. The van der Waals surface area contributed by atoms with Crippen LogP contribution in [0.4, 0.5) is 5.69 Å². The molecule has 0 aliphatic rings. The molecule has 0 atom stereocenters.